The van der Waals surface area contributed by atoms with Crippen molar-refractivity contribution < 1.29 is 0 Å². The van der Waals surface area contributed by atoms with Crippen molar-refractivity contribution in [3.63, 3.8) is 0 Å². The van der Waals surface area contributed by atoms with Crippen LogP contribution in [-0.2, 0) is 0 Å². The highest BCUT2D eigenvalue weighted by molar-refractivity contribution is 6.24. The molecule has 1 aliphatic carbocycles. The van der Waals surface area contributed by atoms with Crippen molar-refractivity contribution in [1.82, 2.24) is 0 Å². The summed E-state index contributed by atoms with van der Waals surface area (Å²) < 4.78 is 0. The molecular weight excluding hydrogens is 577 g/mol. The molecule has 0 unspecified atom stereocenters. The highest BCUT2D eigenvalue weighted by Crippen LogP contribution is 2.53. The van der Waals surface area contributed by atoms with Gasteiger partial charge in [-0.15, -0.1) is 0 Å². The third-order valence-electron chi connectivity index (χ3n) is 10.2. The molecule has 0 aliphatic heterocycles. The molecule has 0 fully saturated rings. The lowest BCUT2D eigenvalue weighted by Crippen LogP contribution is -1.94. The largest absolute Gasteiger partial charge is 0.0622 e. The van der Waals surface area contributed by atoms with Gasteiger partial charge in [-0.25, -0.2) is 0 Å². The highest BCUT2D eigenvalue weighted by Gasteiger charge is 2.26. The zero-order valence-electron chi connectivity index (χ0n) is 26.3. The maximum atomic E-state index is 2.34. The Morgan fingerprint density at radius 1 is 0.208 bits per heavy atom. The van der Waals surface area contributed by atoms with Gasteiger partial charge in [0.25, 0.3) is 0 Å². The Hall–Kier alpha value is -6.24. The molecular formula is C48H30. The molecule has 1 aliphatic rings. The van der Waals surface area contributed by atoms with E-state index in [0.717, 1.165) is 0 Å². The van der Waals surface area contributed by atoms with Gasteiger partial charge >= 0.3 is 0 Å². The van der Waals surface area contributed by atoms with Crippen molar-refractivity contribution in [3.8, 4) is 66.8 Å². The van der Waals surface area contributed by atoms with E-state index in [4.69, 9.17) is 0 Å². The van der Waals surface area contributed by atoms with E-state index in [2.05, 4.69) is 182 Å². The summed E-state index contributed by atoms with van der Waals surface area (Å²) in [6.07, 6.45) is 0. The Balaban J connectivity index is 1.30. The maximum absolute atomic E-state index is 2.34. The van der Waals surface area contributed by atoms with E-state index in [1.54, 1.807) is 0 Å². The molecule has 0 bridgehead atoms. The van der Waals surface area contributed by atoms with Crippen molar-refractivity contribution in [2.45, 2.75) is 0 Å². The molecule has 0 spiro atoms. The van der Waals surface area contributed by atoms with Gasteiger partial charge in [0.05, 0.1) is 0 Å². The summed E-state index contributed by atoms with van der Waals surface area (Å²) in [4.78, 5) is 0. The van der Waals surface area contributed by atoms with Crippen molar-refractivity contribution in [3.05, 3.63) is 182 Å². The average molecular weight is 607 g/mol. The molecule has 9 aromatic carbocycles. The van der Waals surface area contributed by atoms with Crippen LogP contribution in [-0.4, -0.2) is 0 Å². The Kier molecular flexibility index (Phi) is 5.98. The summed E-state index contributed by atoms with van der Waals surface area (Å²) in [5.74, 6) is 0. The van der Waals surface area contributed by atoms with E-state index in [1.165, 1.54) is 99.1 Å². The molecule has 0 nitrogen and oxygen atoms in total. The van der Waals surface area contributed by atoms with Gasteiger partial charge in [0.1, 0.15) is 0 Å². The molecule has 0 aromatic heterocycles. The van der Waals surface area contributed by atoms with Crippen LogP contribution in [0.2, 0.25) is 0 Å². The summed E-state index contributed by atoms with van der Waals surface area (Å²) >= 11 is 0. The molecule has 0 atom stereocenters. The zero-order chi connectivity index (χ0) is 31.6. The van der Waals surface area contributed by atoms with E-state index in [9.17, 15) is 0 Å². The van der Waals surface area contributed by atoms with Gasteiger partial charge in [-0.3, -0.25) is 0 Å². The predicted octanol–water partition coefficient (Wildman–Crippen LogP) is 13.5. The number of hydrogen-bond donors (Lipinski definition) is 0. The van der Waals surface area contributed by atoms with Crippen molar-refractivity contribution >= 4 is 32.3 Å². The predicted molar refractivity (Wildman–Crippen MR) is 205 cm³/mol. The molecule has 222 valence electrons. The second-order valence-corrected chi connectivity index (χ2v) is 12.8. The Morgan fingerprint density at radius 2 is 0.646 bits per heavy atom. The first-order valence-electron chi connectivity index (χ1n) is 16.7. The van der Waals surface area contributed by atoms with E-state index < -0.39 is 0 Å². The summed E-state index contributed by atoms with van der Waals surface area (Å²) in [6.45, 7) is 0. The summed E-state index contributed by atoms with van der Waals surface area (Å²) in [7, 11) is 0. The average Bonchev–Trinajstić information content (AvgIpc) is 3.28. The van der Waals surface area contributed by atoms with Gasteiger partial charge in [-0.1, -0.05) is 182 Å². The van der Waals surface area contributed by atoms with Crippen LogP contribution in [0.3, 0.4) is 0 Å². The Morgan fingerprint density at radius 3 is 1.31 bits per heavy atom. The highest BCUT2D eigenvalue weighted by atomic mass is 14.3. The third kappa shape index (κ3) is 3.96. The molecule has 48 heavy (non-hydrogen) atoms. The second kappa shape index (κ2) is 10.7. The van der Waals surface area contributed by atoms with Crippen molar-refractivity contribution in [1.29, 1.82) is 0 Å². The monoisotopic (exact) mass is 606 g/mol. The van der Waals surface area contributed by atoms with Gasteiger partial charge in [-0.05, 0) is 99.1 Å². The number of fused-ring (bicyclic) bond motifs is 7. The summed E-state index contributed by atoms with van der Waals surface area (Å²) in [5.41, 5.74) is 15.3. The Labute approximate surface area is 280 Å². The van der Waals surface area contributed by atoms with Crippen LogP contribution in [0.4, 0.5) is 0 Å². The smallest absolute Gasteiger partial charge is 0.00199 e. The van der Waals surface area contributed by atoms with E-state index in [1.807, 2.05) is 0 Å². The van der Waals surface area contributed by atoms with Crippen molar-refractivity contribution in [2.24, 2.45) is 0 Å². The van der Waals surface area contributed by atoms with Crippen molar-refractivity contribution in [2.75, 3.05) is 0 Å². The van der Waals surface area contributed by atoms with Crippen LogP contribution in [0.1, 0.15) is 0 Å². The van der Waals surface area contributed by atoms with Gasteiger partial charge < -0.3 is 0 Å². The van der Waals surface area contributed by atoms with Gasteiger partial charge in [-0.2, -0.15) is 0 Å². The molecule has 0 saturated carbocycles. The van der Waals surface area contributed by atoms with E-state index in [0.29, 0.717) is 0 Å². The summed E-state index contributed by atoms with van der Waals surface area (Å²) in [5, 5.41) is 7.67. The molecule has 0 saturated heterocycles. The number of benzene rings is 9. The quantitative estimate of drug-likeness (QED) is 0.176. The summed E-state index contributed by atoms with van der Waals surface area (Å²) in [6, 6.07) is 67.1. The molecule has 0 N–H and O–H groups in total. The number of hydrogen-bond acceptors (Lipinski definition) is 0. The fraction of sp³-hybridized carbons (Fsp3) is 0. The van der Waals surface area contributed by atoms with Crippen LogP contribution < -0.4 is 0 Å². The minimum Gasteiger partial charge on any atom is -0.0622 e. The lowest BCUT2D eigenvalue weighted by atomic mass is 9.81. The standard InChI is InChI=1S/C48H30/c1-2-13-31(14-3-1)32-27-29-34(30-28-32)46-38-19-6-8-21-41(38)48(42-22-9-7-20-39(42)46)44-26-12-25-43-40-24-11-16-33-15-10-23-36(45(33)40)35-17-4-5-18-37(35)47(43)44/h1-30H. The fourth-order valence-corrected chi connectivity index (χ4v) is 8.19. The zero-order valence-corrected chi connectivity index (χ0v) is 26.3. The molecule has 0 heteroatoms. The second-order valence-electron chi connectivity index (χ2n) is 12.8. The normalized spacial score (nSPS) is 11.8. The third-order valence-corrected chi connectivity index (χ3v) is 10.2. The molecule has 9 aromatic rings. The topological polar surface area (TPSA) is 0 Å². The van der Waals surface area contributed by atoms with Gasteiger partial charge in [0, 0.05) is 0 Å². The molecule has 0 amide bonds. The Bertz CT molecular complexity index is 2630. The first kappa shape index (κ1) is 26.9. The van der Waals surface area contributed by atoms with Crippen LogP contribution in [0.15, 0.2) is 182 Å². The lowest BCUT2D eigenvalue weighted by Gasteiger charge is -2.21. The molecule has 0 radical (unpaired) electrons. The van der Waals surface area contributed by atoms with Gasteiger partial charge in [0.15, 0.2) is 0 Å². The lowest BCUT2D eigenvalue weighted by molar-refractivity contribution is 1.60. The first-order valence-corrected chi connectivity index (χ1v) is 16.7. The van der Waals surface area contributed by atoms with Crippen LogP contribution >= 0.6 is 0 Å². The van der Waals surface area contributed by atoms with Crippen LogP contribution in [0, 0.1) is 0 Å². The maximum Gasteiger partial charge on any atom is -0.00199 e. The van der Waals surface area contributed by atoms with E-state index in [-0.39, 0.29) is 0 Å². The SMILES string of the molecule is c1ccc(-c2ccc(-c3c4ccccc4c(-c4cccc5c4-c4ccccc4-c4cccc6cccc-5c46)c4ccccc34)cc2)cc1. The minimum atomic E-state index is 1.23. The number of rotatable bonds is 3. The van der Waals surface area contributed by atoms with Crippen LogP contribution in [0.25, 0.3) is 99.1 Å². The van der Waals surface area contributed by atoms with Crippen LogP contribution in [0.5, 0.6) is 0 Å². The van der Waals surface area contributed by atoms with E-state index >= 15 is 0 Å². The fourth-order valence-electron chi connectivity index (χ4n) is 8.19. The first-order chi connectivity index (χ1) is 23.8. The minimum absolute atomic E-state index is 1.23. The molecule has 10 rings (SSSR count). The van der Waals surface area contributed by atoms with Gasteiger partial charge in [0.2, 0.25) is 0 Å². The molecule has 0 heterocycles.